The van der Waals surface area contributed by atoms with Crippen LogP contribution < -0.4 is 5.43 Å². The summed E-state index contributed by atoms with van der Waals surface area (Å²) in [5.41, 5.74) is 5.58. The van der Waals surface area contributed by atoms with Crippen LogP contribution in [0, 0.1) is 6.92 Å². The van der Waals surface area contributed by atoms with Gasteiger partial charge in [-0.2, -0.15) is 5.10 Å². The number of aryl methyl sites for hydroxylation is 1. The predicted molar refractivity (Wildman–Crippen MR) is 107 cm³/mol. The van der Waals surface area contributed by atoms with E-state index >= 15 is 0 Å². The number of nitrogens with zero attached hydrogens (tertiary/aromatic N) is 5. The molecule has 0 atom stereocenters. The molecule has 0 aliphatic carbocycles. The highest BCUT2D eigenvalue weighted by atomic mass is 32.2. The highest BCUT2D eigenvalue weighted by Crippen LogP contribution is 2.24. The molecule has 0 bridgehead atoms. The van der Waals surface area contributed by atoms with Gasteiger partial charge in [-0.1, -0.05) is 41.6 Å². The van der Waals surface area contributed by atoms with Crippen molar-refractivity contribution in [3.8, 4) is 11.4 Å². The zero-order valence-corrected chi connectivity index (χ0v) is 16.0. The van der Waals surface area contributed by atoms with Crippen LogP contribution in [0.5, 0.6) is 0 Å². The summed E-state index contributed by atoms with van der Waals surface area (Å²) in [5.74, 6) is 0.809. The summed E-state index contributed by atoms with van der Waals surface area (Å²) in [6.07, 6.45) is 4.92. The first-order valence-electron chi connectivity index (χ1n) is 8.52. The molecule has 3 rings (SSSR count). The number of hydrogen-bond acceptors (Lipinski definition) is 6. The summed E-state index contributed by atoms with van der Waals surface area (Å²) in [6, 6.07) is 11.8. The smallest absolute Gasteiger partial charge is 0.250 e. The van der Waals surface area contributed by atoms with Crippen LogP contribution in [-0.2, 0) is 11.3 Å². The Kier molecular flexibility index (Phi) is 6.32. The second kappa shape index (κ2) is 9.09. The van der Waals surface area contributed by atoms with Crippen LogP contribution in [0.2, 0.25) is 0 Å². The van der Waals surface area contributed by atoms with Crippen LogP contribution in [0.4, 0.5) is 0 Å². The Hall–Kier alpha value is -3.00. The van der Waals surface area contributed by atoms with E-state index in [0.29, 0.717) is 5.16 Å². The van der Waals surface area contributed by atoms with Crippen LogP contribution in [0.3, 0.4) is 0 Å². The first-order valence-corrected chi connectivity index (χ1v) is 9.51. The topological polar surface area (TPSA) is 85.1 Å². The van der Waals surface area contributed by atoms with Crippen LogP contribution in [0.25, 0.3) is 11.4 Å². The summed E-state index contributed by atoms with van der Waals surface area (Å²) in [4.78, 5) is 15.9. The molecule has 0 aliphatic rings. The van der Waals surface area contributed by atoms with Crippen LogP contribution in [0.15, 0.2) is 59.0 Å². The van der Waals surface area contributed by atoms with E-state index < -0.39 is 0 Å². The van der Waals surface area contributed by atoms with Gasteiger partial charge in [0.1, 0.15) is 0 Å². The second-order valence-electron chi connectivity index (χ2n) is 5.78. The predicted octanol–water partition coefficient (Wildman–Crippen LogP) is 2.91. The Balaban J connectivity index is 1.60. The molecular formula is C19H20N6OS. The van der Waals surface area contributed by atoms with Gasteiger partial charge in [-0.25, -0.2) is 5.43 Å². The van der Waals surface area contributed by atoms with E-state index in [1.54, 1.807) is 30.7 Å². The molecule has 1 aromatic carbocycles. The largest absolute Gasteiger partial charge is 0.302 e. The average molecular weight is 380 g/mol. The fourth-order valence-electron chi connectivity index (χ4n) is 2.39. The molecule has 7 nitrogen and oxygen atoms in total. The van der Waals surface area contributed by atoms with E-state index in [4.69, 9.17) is 0 Å². The number of benzene rings is 1. The van der Waals surface area contributed by atoms with Gasteiger partial charge in [0, 0.05) is 24.5 Å². The lowest BCUT2D eigenvalue weighted by Crippen LogP contribution is -2.20. The Morgan fingerprint density at radius 3 is 2.63 bits per heavy atom. The van der Waals surface area contributed by atoms with Gasteiger partial charge in [0.15, 0.2) is 11.0 Å². The van der Waals surface area contributed by atoms with Gasteiger partial charge in [0.25, 0.3) is 5.91 Å². The molecule has 138 valence electrons. The summed E-state index contributed by atoms with van der Waals surface area (Å²) in [5, 5.41) is 13.2. The minimum Gasteiger partial charge on any atom is -0.302 e. The van der Waals surface area contributed by atoms with Crippen molar-refractivity contribution in [3.05, 3.63) is 59.9 Å². The first-order chi connectivity index (χ1) is 13.2. The highest BCUT2D eigenvalue weighted by Gasteiger charge is 2.14. The fraction of sp³-hybridized carbons (Fsp3) is 0.211. The van der Waals surface area contributed by atoms with Crippen molar-refractivity contribution in [1.29, 1.82) is 0 Å². The minimum atomic E-state index is -0.201. The zero-order valence-electron chi connectivity index (χ0n) is 15.2. The van der Waals surface area contributed by atoms with Gasteiger partial charge < -0.3 is 4.57 Å². The number of carbonyl (C=O) groups is 1. The SMILES string of the molecule is CCn1c(SCC(=O)NN=Cc2ccncc2)nnc1-c1ccc(C)cc1. The Bertz CT molecular complexity index is 921. The van der Waals surface area contributed by atoms with Gasteiger partial charge in [-0.05, 0) is 31.5 Å². The molecule has 3 aromatic rings. The second-order valence-corrected chi connectivity index (χ2v) is 6.72. The fourth-order valence-corrected chi connectivity index (χ4v) is 3.18. The van der Waals surface area contributed by atoms with Crippen molar-refractivity contribution in [1.82, 2.24) is 25.2 Å². The summed E-state index contributed by atoms with van der Waals surface area (Å²) in [6.45, 7) is 4.80. The van der Waals surface area contributed by atoms with Crippen LogP contribution in [0.1, 0.15) is 18.1 Å². The van der Waals surface area contributed by atoms with Gasteiger partial charge in [-0.3, -0.25) is 9.78 Å². The Labute approximate surface area is 161 Å². The number of amides is 1. The Morgan fingerprint density at radius 2 is 1.93 bits per heavy atom. The van der Waals surface area contributed by atoms with E-state index in [-0.39, 0.29) is 11.7 Å². The monoisotopic (exact) mass is 380 g/mol. The number of pyridine rings is 1. The average Bonchev–Trinajstić information content (AvgIpc) is 3.10. The van der Waals surface area contributed by atoms with Crippen LogP contribution >= 0.6 is 11.8 Å². The summed E-state index contributed by atoms with van der Waals surface area (Å²) >= 11 is 1.34. The third kappa shape index (κ3) is 5.01. The highest BCUT2D eigenvalue weighted by molar-refractivity contribution is 7.99. The Morgan fingerprint density at radius 1 is 1.19 bits per heavy atom. The number of hydrazone groups is 1. The van der Waals surface area contributed by atoms with E-state index in [1.165, 1.54) is 17.3 Å². The molecule has 2 heterocycles. The number of carbonyl (C=O) groups excluding carboxylic acids is 1. The molecule has 0 radical (unpaired) electrons. The first kappa shape index (κ1) is 18.8. The van der Waals surface area contributed by atoms with E-state index in [2.05, 4.69) is 25.7 Å². The molecule has 0 aliphatic heterocycles. The number of hydrogen-bond donors (Lipinski definition) is 1. The van der Waals surface area contributed by atoms with E-state index in [0.717, 1.165) is 23.5 Å². The molecule has 0 unspecified atom stereocenters. The molecule has 1 amide bonds. The molecule has 0 saturated carbocycles. The standard InChI is InChI=1S/C19H20N6OS/c1-3-25-18(16-6-4-14(2)5-7-16)23-24-19(25)27-13-17(26)22-21-12-15-8-10-20-11-9-15/h4-12H,3,13H2,1-2H3,(H,22,26). The van der Waals surface area contributed by atoms with Gasteiger partial charge in [0.05, 0.1) is 12.0 Å². The number of thioether (sulfide) groups is 1. The normalized spacial score (nSPS) is 11.0. The number of rotatable bonds is 7. The van der Waals surface area contributed by atoms with Crippen LogP contribution in [-0.4, -0.2) is 37.6 Å². The van der Waals surface area contributed by atoms with Gasteiger partial charge in [0.2, 0.25) is 0 Å². The number of nitrogens with one attached hydrogen (secondary N) is 1. The molecule has 0 saturated heterocycles. The van der Waals surface area contributed by atoms with Crippen molar-refractivity contribution in [2.24, 2.45) is 5.10 Å². The van der Waals surface area contributed by atoms with Gasteiger partial charge >= 0.3 is 0 Å². The van der Waals surface area contributed by atoms with E-state index in [9.17, 15) is 4.79 Å². The summed E-state index contributed by atoms with van der Waals surface area (Å²) < 4.78 is 2.00. The molecule has 0 fully saturated rings. The van der Waals surface area contributed by atoms with Crippen molar-refractivity contribution in [2.45, 2.75) is 25.5 Å². The minimum absolute atomic E-state index is 0.201. The zero-order chi connectivity index (χ0) is 19.1. The molecule has 27 heavy (non-hydrogen) atoms. The molecule has 0 spiro atoms. The third-order valence-electron chi connectivity index (χ3n) is 3.78. The molecule has 1 N–H and O–H groups in total. The van der Waals surface area contributed by atoms with E-state index in [1.807, 2.05) is 42.7 Å². The van der Waals surface area contributed by atoms with Crippen molar-refractivity contribution >= 4 is 23.9 Å². The molecular weight excluding hydrogens is 360 g/mol. The molecule has 2 aromatic heterocycles. The lowest BCUT2D eigenvalue weighted by atomic mass is 10.1. The number of aromatic nitrogens is 4. The van der Waals surface area contributed by atoms with Gasteiger partial charge in [-0.15, -0.1) is 10.2 Å². The van der Waals surface area contributed by atoms with Crippen molar-refractivity contribution in [3.63, 3.8) is 0 Å². The lowest BCUT2D eigenvalue weighted by molar-refractivity contribution is -0.118. The van der Waals surface area contributed by atoms with Crippen molar-refractivity contribution in [2.75, 3.05) is 5.75 Å². The molecule has 8 heteroatoms. The maximum absolute atomic E-state index is 12.0. The third-order valence-corrected chi connectivity index (χ3v) is 4.75. The summed E-state index contributed by atoms with van der Waals surface area (Å²) in [7, 11) is 0. The maximum atomic E-state index is 12.0. The maximum Gasteiger partial charge on any atom is 0.250 e. The lowest BCUT2D eigenvalue weighted by Gasteiger charge is -2.07. The van der Waals surface area contributed by atoms with Crippen molar-refractivity contribution < 1.29 is 4.79 Å². The quantitative estimate of drug-likeness (QED) is 0.387.